The zero-order chi connectivity index (χ0) is 13.8. The number of carbonyl (C=O) groups is 1. The van der Waals surface area contributed by atoms with Crippen LogP contribution in [0.3, 0.4) is 0 Å². The fraction of sp³-hybridized carbons (Fsp3) is 0.667. The standard InChI is InChI=1S/C15H20O4/c1-8-5-4-6-15(3)13(19-15)12-10(7-11(8)16)9(2)14(17)18-12/h5,10-13,16H,2,4,6-7H2,1,3H3/t10?,11-,12+,13-,15-/m1/s1. The van der Waals surface area contributed by atoms with Gasteiger partial charge in [0.25, 0.3) is 0 Å². The van der Waals surface area contributed by atoms with Gasteiger partial charge in [0.2, 0.25) is 0 Å². The number of aliphatic hydroxyl groups is 1. The van der Waals surface area contributed by atoms with Crippen molar-refractivity contribution in [1.82, 2.24) is 0 Å². The molecule has 3 aliphatic rings. The van der Waals surface area contributed by atoms with E-state index in [-0.39, 0.29) is 29.7 Å². The Morgan fingerprint density at radius 2 is 2.26 bits per heavy atom. The lowest BCUT2D eigenvalue weighted by Gasteiger charge is -2.22. The van der Waals surface area contributed by atoms with Crippen molar-refractivity contribution in [2.24, 2.45) is 5.92 Å². The van der Waals surface area contributed by atoms with Crippen molar-refractivity contribution < 1.29 is 19.4 Å². The summed E-state index contributed by atoms with van der Waals surface area (Å²) in [6.07, 6.45) is 3.42. The molecule has 4 heteroatoms. The van der Waals surface area contributed by atoms with Gasteiger partial charge >= 0.3 is 5.97 Å². The van der Waals surface area contributed by atoms with Gasteiger partial charge in [-0.1, -0.05) is 12.7 Å². The Labute approximate surface area is 113 Å². The fourth-order valence-corrected chi connectivity index (χ4v) is 3.20. The molecule has 0 radical (unpaired) electrons. The molecule has 5 atom stereocenters. The largest absolute Gasteiger partial charge is 0.455 e. The summed E-state index contributed by atoms with van der Waals surface area (Å²) in [6, 6.07) is 0. The van der Waals surface area contributed by atoms with E-state index in [2.05, 4.69) is 19.6 Å². The van der Waals surface area contributed by atoms with Crippen LogP contribution >= 0.6 is 0 Å². The Kier molecular flexibility index (Phi) is 2.84. The Morgan fingerprint density at radius 1 is 1.53 bits per heavy atom. The Morgan fingerprint density at radius 3 is 3.00 bits per heavy atom. The lowest BCUT2D eigenvalue weighted by atomic mass is 9.83. The molecule has 0 aromatic carbocycles. The number of epoxide rings is 1. The zero-order valence-electron chi connectivity index (χ0n) is 11.4. The van der Waals surface area contributed by atoms with Crippen molar-refractivity contribution in [3.8, 4) is 0 Å². The molecule has 0 aromatic heterocycles. The monoisotopic (exact) mass is 264 g/mol. The van der Waals surface area contributed by atoms with Crippen molar-refractivity contribution in [1.29, 1.82) is 0 Å². The summed E-state index contributed by atoms with van der Waals surface area (Å²) in [7, 11) is 0. The lowest BCUT2D eigenvalue weighted by molar-refractivity contribution is -0.140. The molecular formula is C15H20O4. The van der Waals surface area contributed by atoms with Gasteiger partial charge < -0.3 is 14.6 Å². The van der Waals surface area contributed by atoms with E-state index < -0.39 is 6.10 Å². The fourth-order valence-electron chi connectivity index (χ4n) is 3.20. The quantitative estimate of drug-likeness (QED) is 0.313. The average molecular weight is 264 g/mol. The van der Waals surface area contributed by atoms with Crippen molar-refractivity contribution in [3.05, 3.63) is 23.8 Å². The van der Waals surface area contributed by atoms with Gasteiger partial charge in [0.1, 0.15) is 12.2 Å². The minimum Gasteiger partial charge on any atom is -0.455 e. The average Bonchev–Trinajstić information content (AvgIpc) is 2.95. The molecule has 0 spiro atoms. The van der Waals surface area contributed by atoms with Crippen LogP contribution in [0.2, 0.25) is 0 Å². The Balaban J connectivity index is 1.91. The highest BCUT2D eigenvalue weighted by Gasteiger charge is 2.61. The molecule has 2 heterocycles. The van der Waals surface area contributed by atoms with E-state index >= 15 is 0 Å². The smallest absolute Gasteiger partial charge is 0.334 e. The van der Waals surface area contributed by atoms with Gasteiger partial charge in [-0.15, -0.1) is 0 Å². The summed E-state index contributed by atoms with van der Waals surface area (Å²) in [4.78, 5) is 11.7. The molecule has 1 aliphatic carbocycles. The molecule has 2 aliphatic heterocycles. The zero-order valence-corrected chi connectivity index (χ0v) is 11.4. The minimum absolute atomic E-state index is 0.0558. The molecular weight excluding hydrogens is 244 g/mol. The van der Waals surface area contributed by atoms with Crippen LogP contribution in [0.25, 0.3) is 0 Å². The van der Waals surface area contributed by atoms with E-state index in [1.807, 2.05) is 6.92 Å². The van der Waals surface area contributed by atoms with Crippen LogP contribution in [-0.4, -0.2) is 35.0 Å². The molecule has 0 bridgehead atoms. The number of aliphatic hydroxyl groups excluding tert-OH is 1. The third kappa shape index (κ3) is 2.03. The lowest BCUT2D eigenvalue weighted by Crippen LogP contribution is -2.31. The number of ether oxygens (including phenoxy) is 2. The number of hydrogen-bond donors (Lipinski definition) is 1. The van der Waals surface area contributed by atoms with Gasteiger partial charge in [-0.2, -0.15) is 0 Å². The topological polar surface area (TPSA) is 59.1 Å². The van der Waals surface area contributed by atoms with Crippen LogP contribution in [0.5, 0.6) is 0 Å². The predicted octanol–water partition coefficient (Wildman–Crippen LogP) is 1.73. The molecule has 104 valence electrons. The highest BCUT2D eigenvalue weighted by molar-refractivity contribution is 5.91. The second-order valence-electron chi connectivity index (χ2n) is 6.09. The first kappa shape index (κ1) is 12.9. The van der Waals surface area contributed by atoms with Crippen molar-refractivity contribution in [3.63, 3.8) is 0 Å². The van der Waals surface area contributed by atoms with Crippen LogP contribution in [-0.2, 0) is 14.3 Å². The number of esters is 1. The second kappa shape index (κ2) is 4.18. The number of fused-ring (bicyclic) bond motifs is 3. The van der Waals surface area contributed by atoms with E-state index in [4.69, 9.17) is 9.47 Å². The second-order valence-corrected chi connectivity index (χ2v) is 6.09. The van der Waals surface area contributed by atoms with E-state index in [1.54, 1.807) is 0 Å². The van der Waals surface area contributed by atoms with Gasteiger partial charge in [0, 0.05) is 11.5 Å². The summed E-state index contributed by atoms with van der Waals surface area (Å²) in [5.74, 6) is -0.489. The molecule has 2 saturated heterocycles. The van der Waals surface area contributed by atoms with Crippen LogP contribution in [0.1, 0.15) is 33.1 Å². The van der Waals surface area contributed by atoms with Crippen LogP contribution in [0.15, 0.2) is 23.8 Å². The third-order valence-electron chi connectivity index (χ3n) is 4.70. The summed E-state index contributed by atoms with van der Waals surface area (Å²) in [6.45, 7) is 7.81. The van der Waals surface area contributed by atoms with E-state index in [0.29, 0.717) is 12.0 Å². The Bertz CT molecular complexity index is 467. The van der Waals surface area contributed by atoms with Crippen LogP contribution < -0.4 is 0 Å². The van der Waals surface area contributed by atoms with Gasteiger partial charge in [-0.3, -0.25) is 0 Å². The summed E-state index contributed by atoms with van der Waals surface area (Å²) < 4.78 is 11.2. The SMILES string of the molecule is C=C1C(=O)O[C@H]2C1C[C@@H](O)C(C)=CCC[C@@]1(C)O[C@H]21. The van der Waals surface area contributed by atoms with Crippen molar-refractivity contribution in [2.75, 3.05) is 0 Å². The van der Waals surface area contributed by atoms with Gasteiger partial charge in [-0.05, 0) is 38.7 Å². The maximum atomic E-state index is 11.7. The molecule has 4 nitrogen and oxygen atoms in total. The first-order chi connectivity index (χ1) is 8.92. The van der Waals surface area contributed by atoms with Crippen LogP contribution in [0.4, 0.5) is 0 Å². The van der Waals surface area contributed by atoms with E-state index in [1.165, 1.54) is 0 Å². The summed E-state index contributed by atoms with van der Waals surface area (Å²) in [5, 5.41) is 10.2. The highest BCUT2D eigenvalue weighted by atomic mass is 16.6. The molecule has 1 unspecified atom stereocenters. The number of carbonyl (C=O) groups excluding carboxylic acids is 1. The van der Waals surface area contributed by atoms with E-state index in [0.717, 1.165) is 18.4 Å². The molecule has 0 amide bonds. The number of rotatable bonds is 0. The maximum Gasteiger partial charge on any atom is 0.334 e. The number of allylic oxidation sites excluding steroid dienone is 1. The van der Waals surface area contributed by atoms with Gasteiger partial charge in [0.15, 0.2) is 0 Å². The van der Waals surface area contributed by atoms with E-state index in [9.17, 15) is 9.90 Å². The number of hydrogen-bond acceptors (Lipinski definition) is 4. The molecule has 0 aromatic rings. The normalized spacial score (nSPS) is 45.9. The van der Waals surface area contributed by atoms with Gasteiger partial charge in [-0.25, -0.2) is 4.79 Å². The highest BCUT2D eigenvalue weighted by Crippen LogP contribution is 2.49. The first-order valence-corrected chi connectivity index (χ1v) is 6.85. The summed E-state index contributed by atoms with van der Waals surface area (Å²) in [5.41, 5.74) is 1.22. The summed E-state index contributed by atoms with van der Waals surface area (Å²) >= 11 is 0. The molecule has 2 fully saturated rings. The van der Waals surface area contributed by atoms with Crippen LogP contribution in [0, 0.1) is 5.92 Å². The van der Waals surface area contributed by atoms with Crippen molar-refractivity contribution in [2.45, 2.75) is 57.0 Å². The minimum atomic E-state index is -0.540. The third-order valence-corrected chi connectivity index (χ3v) is 4.70. The Hall–Kier alpha value is -1.13. The first-order valence-electron chi connectivity index (χ1n) is 6.85. The maximum absolute atomic E-state index is 11.7. The molecule has 1 N–H and O–H groups in total. The molecule has 19 heavy (non-hydrogen) atoms. The molecule has 0 saturated carbocycles. The molecule has 3 rings (SSSR count). The predicted molar refractivity (Wildman–Crippen MR) is 69.4 cm³/mol. The van der Waals surface area contributed by atoms with Gasteiger partial charge in [0.05, 0.1) is 11.7 Å². The van der Waals surface area contributed by atoms with Crippen molar-refractivity contribution >= 4 is 5.97 Å².